The Morgan fingerprint density at radius 3 is 2.40 bits per heavy atom. The topological polar surface area (TPSA) is 130 Å². The summed E-state index contributed by atoms with van der Waals surface area (Å²) in [5.41, 5.74) is -2.89. The summed E-state index contributed by atoms with van der Waals surface area (Å²) in [5, 5.41) is 15.3. The van der Waals surface area contributed by atoms with Crippen molar-refractivity contribution in [3.05, 3.63) is 33.4 Å². The van der Waals surface area contributed by atoms with Crippen molar-refractivity contribution in [1.82, 2.24) is 0 Å². The maximum absolute atomic E-state index is 13.8. The van der Waals surface area contributed by atoms with E-state index in [1.54, 1.807) is 0 Å². The third-order valence-electron chi connectivity index (χ3n) is 2.13. The highest BCUT2D eigenvalue weighted by atomic mass is 32.2. The van der Waals surface area contributed by atoms with Crippen LogP contribution in [0.3, 0.4) is 0 Å². The number of nitro benzene ring substituents is 1. The molecule has 0 aromatic heterocycles. The number of benzene rings is 1. The Morgan fingerprint density at radius 1 is 1.45 bits per heavy atom. The molecular weight excluding hydrogens is 302 g/mol. The lowest BCUT2D eigenvalue weighted by molar-refractivity contribution is -0.387. The fourth-order valence-electron chi connectivity index (χ4n) is 1.32. The Kier molecular flexibility index (Phi) is 4.35. The third kappa shape index (κ3) is 2.88. The number of carbonyl (C=O) groups is 1. The molecule has 0 aliphatic heterocycles. The fraction of sp³-hybridized carbons (Fsp3) is 0.222. The molecule has 0 spiro atoms. The molecule has 0 unspecified atom stereocenters. The number of nitro groups is 1. The Balaban J connectivity index is 3.78. The Morgan fingerprint density at radius 2 is 2.00 bits per heavy atom. The Hall–Kier alpha value is -2.14. The van der Waals surface area contributed by atoms with Crippen molar-refractivity contribution in [3.8, 4) is 0 Å². The molecule has 1 rings (SSSR count). The molecule has 0 saturated heterocycles. The van der Waals surface area contributed by atoms with Crippen LogP contribution in [0.15, 0.2) is 11.0 Å². The molecule has 20 heavy (non-hydrogen) atoms. The number of rotatable bonds is 4. The number of nitrogens with zero attached hydrogens (tertiary/aromatic N) is 1. The van der Waals surface area contributed by atoms with Gasteiger partial charge in [-0.3, -0.25) is 10.1 Å². The number of sulfonamides is 1. The molecule has 1 aromatic rings. The van der Waals surface area contributed by atoms with E-state index in [1.807, 2.05) is 0 Å². The summed E-state index contributed by atoms with van der Waals surface area (Å²) in [5.74, 6) is -5.25. The zero-order chi connectivity index (χ0) is 15.7. The molecule has 0 atom stereocenters. The minimum Gasteiger partial charge on any atom is -0.462 e. The van der Waals surface area contributed by atoms with Crippen molar-refractivity contribution in [2.45, 2.75) is 11.8 Å². The van der Waals surface area contributed by atoms with Crippen molar-refractivity contribution in [2.75, 3.05) is 6.61 Å². The molecule has 110 valence electrons. The first-order valence-corrected chi connectivity index (χ1v) is 6.52. The number of hydrogen-bond donors (Lipinski definition) is 1. The Bertz CT molecular complexity index is 688. The number of hydrogen-bond acceptors (Lipinski definition) is 6. The van der Waals surface area contributed by atoms with E-state index >= 15 is 0 Å². The van der Waals surface area contributed by atoms with Gasteiger partial charge in [-0.25, -0.2) is 22.7 Å². The van der Waals surface area contributed by atoms with Crippen molar-refractivity contribution >= 4 is 21.7 Å². The van der Waals surface area contributed by atoms with Gasteiger partial charge in [-0.15, -0.1) is 0 Å². The highest BCUT2D eigenvalue weighted by Gasteiger charge is 2.33. The van der Waals surface area contributed by atoms with E-state index in [4.69, 9.17) is 0 Å². The average molecular weight is 310 g/mol. The van der Waals surface area contributed by atoms with Gasteiger partial charge < -0.3 is 4.74 Å². The summed E-state index contributed by atoms with van der Waals surface area (Å²) < 4.78 is 54.1. The average Bonchev–Trinajstić information content (AvgIpc) is 2.26. The van der Waals surface area contributed by atoms with Gasteiger partial charge >= 0.3 is 11.7 Å². The third-order valence-corrected chi connectivity index (χ3v) is 3.04. The molecule has 2 N–H and O–H groups in total. The predicted octanol–water partition coefficient (Wildman–Crippen LogP) is 0.697. The monoisotopic (exact) mass is 310 g/mol. The molecule has 0 aliphatic carbocycles. The number of primary sulfonamides is 1. The largest absolute Gasteiger partial charge is 0.462 e. The van der Waals surface area contributed by atoms with E-state index in [2.05, 4.69) is 9.88 Å². The van der Waals surface area contributed by atoms with E-state index < -0.39 is 48.7 Å². The van der Waals surface area contributed by atoms with Crippen molar-refractivity contribution in [3.63, 3.8) is 0 Å². The lowest BCUT2D eigenvalue weighted by atomic mass is 10.1. The number of carbonyl (C=O) groups excluding carboxylic acids is 1. The maximum atomic E-state index is 13.8. The molecule has 0 heterocycles. The van der Waals surface area contributed by atoms with Crippen LogP contribution in [0.5, 0.6) is 0 Å². The second-order valence-corrected chi connectivity index (χ2v) is 4.95. The first-order valence-electron chi connectivity index (χ1n) is 4.97. The highest BCUT2D eigenvalue weighted by Crippen LogP contribution is 2.29. The van der Waals surface area contributed by atoms with Gasteiger partial charge in [0.15, 0.2) is 5.82 Å². The van der Waals surface area contributed by atoms with Gasteiger partial charge in [-0.1, -0.05) is 0 Å². The van der Waals surface area contributed by atoms with E-state index in [-0.39, 0.29) is 12.7 Å². The van der Waals surface area contributed by atoms with Gasteiger partial charge in [-0.2, -0.15) is 4.39 Å². The molecule has 0 bridgehead atoms. The molecule has 0 aliphatic rings. The summed E-state index contributed by atoms with van der Waals surface area (Å²) in [6.45, 7) is 1.05. The quantitative estimate of drug-likeness (QED) is 0.495. The van der Waals surface area contributed by atoms with Crippen LogP contribution < -0.4 is 5.14 Å². The minimum atomic E-state index is -4.73. The summed E-state index contributed by atoms with van der Waals surface area (Å²) in [6, 6.07) is 0.0999. The van der Waals surface area contributed by atoms with Crippen LogP contribution >= 0.6 is 0 Å². The summed E-state index contributed by atoms with van der Waals surface area (Å²) in [7, 11) is -4.73. The van der Waals surface area contributed by atoms with Crippen molar-refractivity contribution < 1.29 is 31.7 Å². The fourth-order valence-corrected chi connectivity index (χ4v) is 1.95. The van der Waals surface area contributed by atoms with Gasteiger partial charge in [0.2, 0.25) is 15.8 Å². The Labute approximate surface area is 111 Å². The SMILES string of the molecule is CCOC(=O)c1c(F)c([N+](=O)[O-])cc(S(N)(=O)=O)c1F. The van der Waals surface area contributed by atoms with Gasteiger partial charge in [-0.05, 0) is 6.92 Å². The molecule has 8 nitrogen and oxygen atoms in total. The molecular formula is C9H8F2N2O6S. The second kappa shape index (κ2) is 5.46. The summed E-state index contributed by atoms with van der Waals surface area (Å²) in [4.78, 5) is 19.3. The second-order valence-electron chi connectivity index (χ2n) is 3.42. The number of esters is 1. The van der Waals surface area contributed by atoms with Crippen LogP contribution in [0.4, 0.5) is 14.5 Å². The minimum absolute atomic E-state index is 0.0999. The summed E-state index contributed by atoms with van der Waals surface area (Å²) >= 11 is 0. The van der Waals surface area contributed by atoms with Gasteiger partial charge in [0, 0.05) is 6.07 Å². The van der Waals surface area contributed by atoms with Crippen LogP contribution in [0.2, 0.25) is 0 Å². The molecule has 11 heteroatoms. The number of nitrogens with two attached hydrogens (primary N) is 1. The van der Waals surface area contributed by atoms with Crippen LogP contribution in [-0.4, -0.2) is 25.9 Å². The predicted molar refractivity (Wildman–Crippen MR) is 60.3 cm³/mol. The first kappa shape index (κ1) is 15.9. The van der Waals surface area contributed by atoms with Gasteiger partial charge in [0.1, 0.15) is 10.5 Å². The highest BCUT2D eigenvalue weighted by molar-refractivity contribution is 7.89. The molecule has 0 amide bonds. The normalized spacial score (nSPS) is 11.2. The standard InChI is InChI=1S/C9H8F2N2O6S/c1-2-19-9(14)6-7(10)4(13(15)16)3-5(8(6)11)20(12,17)18/h3H,2H2,1H3,(H2,12,17,18). The number of halogens is 2. The maximum Gasteiger partial charge on any atom is 0.344 e. The van der Waals surface area contributed by atoms with Crippen molar-refractivity contribution in [2.24, 2.45) is 5.14 Å². The van der Waals surface area contributed by atoms with E-state index in [0.29, 0.717) is 0 Å². The van der Waals surface area contributed by atoms with Crippen LogP contribution in [-0.2, 0) is 14.8 Å². The van der Waals surface area contributed by atoms with E-state index in [9.17, 15) is 32.1 Å². The van der Waals surface area contributed by atoms with Crippen molar-refractivity contribution in [1.29, 1.82) is 0 Å². The smallest absolute Gasteiger partial charge is 0.344 e. The van der Waals surface area contributed by atoms with Crippen LogP contribution in [0, 0.1) is 21.7 Å². The number of ether oxygens (including phenoxy) is 1. The zero-order valence-corrected chi connectivity index (χ0v) is 10.7. The van der Waals surface area contributed by atoms with Gasteiger partial charge in [0.05, 0.1) is 11.5 Å². The molecule has 0 radical (unpaired) electrons. The lowest BCUT2D eigenvalue weighted by Gasteiger charge is -2.08. The summed E-state index contributed by atoms with van der Waals surface area (Å²) in [6.07, 6.45) is 0. The molecule has 0 fully saturated rings. The van der Waals surface area contributed by atoms with E-state index in [1.165, 1.54) is 6.92 Å². The first-order chi connectivity index (χ1) is 9.11. The molecule has 0 saturated carbocycles. The van der Waals surface area contributed by atoms with E-state index in [0.717, 1.165) is 0 Å². The lowest BCUT2D eigenvalue weighted by Crippen LogP contribution is -2.19. The van der Waals surface area contributed by atoms with Gasteiger partial charge in [0.25, 0.3) is 0 Å². The molecule has 1 aromatic carbocycles. The van der Waals surface area contributed by atoms with Crippen LogP contribution in [0.1, 0.15) is 17.3 Å². The zero-order valence-electron chi connectivity index (χ0n) is 9.92. The van der Waals surface area contributed by atoms with Crippen LogP contribution in [0.25, 0.3) is 0 Å².